The fourth-order valence-electron chi connectivity index (χ4n) is 4.94. The molecule has 3 aromatic carbocycles. The van der Waals surface area contributed by atoms with E-state index >= 15 is 0 Å². The number of pyridine rings is 1. The molecule has 0 aliphatic rings. The van der Waals surface area contributed by atoms with Crippen LogP contribution in [0.1, 0.15) is 66.3 Å². The van der Waals surface area contributed by atoms with E-state index in [4.69, 9.17) is 4.74 Å². The molecule has 49 heavy (non-hydrogen) atoms. The van der Waals surface area contributed by atoms with Crippen molar-refractivity contribution in [2.45, 2.75) is 39.3 Å². The number of aryl methyl sites for hydroxylation is 3. The Kier molecular flexibility index (Phi) is 11.2. The molecular formula is C36H33F4N3O6. The summed E-state index contributed by atoms with van der Waals surface area (Å²) in [6.45, 7) is 3.18. The Bertz CT molecular complexity index is 1880. The van der Waals surface area contributed by atoms with Gasteiger partial charge in [0.05, 0.1) is 40.7 Å². The zero-order valence-corrected chi connectivity index (χ0v) is 27.3. The first-order valence-electron chi connectivity index (χ1n) is 15.0. The van der Waals surface area contributed by atoms with E-state index in [1.807, 2.05) is 0 Å². The van der Waals surface area contributed by atoms with Crippen molar-refractivity contribution in [2.75, 3.05) is 26.5 Å². The summed E-state index contributed by atoms with van der Waals surface area (Å²) in [6, 6.07) is 14.5. The van der Waals surface area contributed by atoms with Crippen LogP contribution < -0.4 is 10.1 Å². The second kappa shape index (κ2) is 15.1. The van der Waals surface area contributed by atoms with Gasteiger partial charge in [0.15, 0.2) is 11.6 Å². The number of anilines is 1. The Morgan fingerprint density at radius 2 is 1.59 bits per heavy atom. The quantitative estimate of drug-likeness (QED) is 0.107. The van der Waals surface area contributed by atoms with Gasteiger partial charge < -0.3 is 19.7 Å². The average molecular weight is 680 g/mol. The number of nitrogens with one attached hydrogen (secondary N) is 1. The molecule has 2 amide bonds. The molecule has 0 atom stereocenters. The number of carbonyl (C=O) groups excluding carboxylic acids is 4. The first-order valence-corrected chi connectivity index (χ1v) is 15.0. The number of hydrogen-bond donors (Lipinski definition) is 1. The number of alkyl halides is 3. The standard InChI is InChI=1S/C36H33F4N3O6/c1-20-17-24(35(47)48-5)19-28(37)32(20)49-30(44)8-6-7-22-10-16-29(27(18-22)34(46)43(3)4)42-33(45)26-15-9-21(2)41-31(26)23-11-13-25(14-12-23)36(38,39)40/h9-19H,6-8H2,1-5H3,(H,42,45). The first kappa shape index (κ1) is 36.2. The van der Waals surface area contributed by atoms with E-state index < -0.39 is 41.3 Å². The molecule has 0 bridgehead atoms. The van der Waals surface area contributed by atoms with E-state index in [2.05, 4.69) is 15.0 Å². The third-order valence-electron chi connectivity index (χ3n) is 7.45. The molecule has 4 rings (SSSR count). The molecule has 0 fully saturated rings. The lowest BCUT2D eigenvalue weighted by atomic mass is 10.0. The molecule has 0 radical (unpaired) electrons. The van der Waals surface area contributed by atoms with Crippen LogP contribution >= 0.6 is 0 Å². The fraction of sp³-hybridized carbons (Fsp3) is 0.250. The van der Waals surface area contributed by atoms with E-state index in [1.54, 1.807) is 45.3 Å². The lowest BCUT2D eigenvalue weighted by Crippen LogP contribution is -2.24. The maximum Gasteiger partial charge on any atom is 0.416 e. The van der Waals surface area contributed by atoms with Gasteiger partial charge in [0.2, 0.25) is 0 Å². The SMILES string of the molecule is COC(=O)c1cc(C)c(OC(=O)CCCc2ccc(NC(=O)c3ccc(C)nc3-c3ccc(C(F)(F)F)cc3)c(C(=O)N(C)C)c2)c(F)c1. The number of aromatic nitrogens is 1. The summed E-state index contributed by atoms with van der Waals surface area (Å²) in [5.74, 6) is -3.65. The molecule has 4 aromatic rings. The number of methoxy groups -OCH3 is 1. The number of amides is 2. The number of halogens is 4. The second-order valence-corrected chi connectivity index (χ2v) is 11.4. The normalized spacial score (nSPS) is 11.1. The summed E-state index contributed by atoms with van der Waals surface area (Å²) in [6.07, 6.45) is -3.99. The minimum Gasteiger partial charge on any atom is -0.465 e. The highest BCUT2D eigenvalue weighted by molar-refractivity contribution is 6.11. The third-order valence-corrected chi connectivity index (χ3v) is 7.45. The predicted molar refractivity (Wildman–Crippen MR) is 173 cm³/mol. The van der Waals surface area contributed by atoms with Crippen molar-refractivity contribution in [3.63, 3.8) is 0 Å². The van der Waals surface area contributed by atoms with Crippen LogP contribution in [0.3, 0.4) is 0 Å². The van der Waals surface area contributed by atoms with E-state index in [0.29, 0.717) is 23.2 Å². The smallest absolute Gasteiger partial charge is 0.416 e. The van der Waals surface area contributed by atoms with E-state index in [-0.39, 0.29) is 52.2 Å². The van der Waals surface area contributed by atoms with E-state index in [9.17, 15) is 36.7 Å². The van der Waals surface area contributed by atoms with Crippen LogP contribution in [-0.4, -0.2) is 54.8 Å². The van der Waals surface area contributed by atoms with Gasteiger partial charge in [-0.1, -0.05) is 18.2 Å². The molecule has 1 heterocycles. The van der Waals surface area contributed by atoms with Crippen LogP contribution in [0.25, 0.3) is 11.3 Å². The summed E-state index contributed by atoms with van der Waals surface area (Å²) >= 11 is 0. The number of nitrogens with zero attached hydrogens (tertiary/aromatic N) is 2. The summed E-state index contributed by atoms with van der Waals surface area (Å²) < 4.78 is 63.7. The Morgan fingerprint density at radius 3 is 2.20 bits per heavy atom. The van der Waals surface area contributed by atoms with E-state index in [0.717, 1.165) is 18.2 Å². The van der Waals surface area contributed by atoms with Gasteiger partial charge in [0, 0.05) is 31.8 Å². The predicted octanol–water partition coefficient (Wildman–Crippen LogP) is 7.19. The monoisotopic (exact) mass is 679 g/mol. The molecule has 0 spiro atoms. The van der Waals surface area contributed by atoms with Gasteiger partial charge in [0.25, 0.3) is 11.8 Å². The van der Waals surface area contributed by atoms with Crippen LogP contribution in [0.15, 0.2) is 66.7 Å². The van der Waals surface area contributed by atoms with Crippen molar-refractivity contribution in [3.8, 4) is 17.0 Å². The average Bonchev–Trinajstić information content (AvgIpc) is 3.05. The summed E-state index contributed by atoms with van der Waals surface area (Å²) in [7, 11) is 4.25. The van der Waals surface area contributed by atoms with Crippen LogP contribution in [0.5, 0.6) is 5.75 Å². The molecule has 0 saturated heterocycles. The topological polar surface area (TPSA) is 115 Å². The van der Waals surface area contributed by atoms with Crippen LogP contribution in [0, 0.1) is 19.7 Å². The van der Waals surface area contributed by atoms with Crippen LogP contribution in [0.4, 0.5) is 23.2 Å². The maximum absolute atomic E-state index is 14.6. The van der Waals surface area contributed by atoms with Crippen LogP contribution in [-0.2, 0) is 22.1 Å². The molecule has 0 aliphatic carbocycles. The molecular weight excluding hydrogens is 646 g/mol. The van der Waals surface area contributed by atoms with Gasteiger partial charge in [-0.3, -0.25) is 19.4 Å². The van der Waals surface area contributed by atoms with Crippen molar-refractivity contribution in [3.05, 3.63) is 112 Å². The molecule has 13 heteroatoms. The molecule has 0 unspecified atom stereocenters. The third kappa shape index (κ3) is 8.86. The Labute approximate surface area is 279 Å². The number of rotatable bonds is 10. The zero-order chi connectivity index (χ0) is 36.0. The number of esters is 2. The van der Waals surface area contributed by atoms with Gasteiger partial charge in [-0.25, -0.2) is 9.18 Å². The number of benzene rings is 3. The lowest BCUT2D eigenvalue weighted by Gasteiger charge is -2.17. The fourth-order valence-corrected chi connectivity index (χ4v) is 4.94. The van der Waals surface area contributed by atoms with E-state index in [1.165, 1.54) is 43.2 Å². The zero-order valence-electron chi connectivity index (χ0n) is 27.3. The van der Waals surface area contributed by atoms with Crippen LogP contribution in [0.2, 0.25) is 0 Å². The Morgan fingerprint density at radius 1 is 0.898 bits per heavy atom. The first-order chi connectivity index (χ1) is 23.1. The molecule has 0 saturated carbocycles. The van der Waals surface area contributed by atoms with Gasteiger partial charge in [-0.15, -0.1) is 0 Å². The highest BCUT2D eigenvalue weighted by atomic mass is 19.4. The van der Waals surface area contributed by atoms with Gasteiger partial charge in [-0.05, 0) is 86.3 Å². The van der Waals surface area contributed by atoms with Gasteiger partial charge in [-0.2, -0.15) is 13.2 Å². The summed E-state index contributed by atoms with van der Waals surface area (Å²) in [5.41, 5.74) is 1.51. The molecule has 1 aromatic heterocycles. The highest BCUT2D eigenvalue weighted by Gasteiger charge is 2.30. The van der Waals surface area contributed by atoms with Crippen molar-refractivity contribution in [2.24, 2.45) is 0 Å². The van der Waals surface area contributed by atoms with Gasteiger partial charge >= 0.3 is 18.1 Å². The maximum atomic E-state index is 14.6. The molecule has 9 nitrogen and oxygen atoms in total. The van der Waals surface area contributed by atoms with Gasteiger partial charge in [0.1, 0.15) is 0 Å². The minimum atomic E-state index is -4.52. The lowest BCUT2D eigenvalue weighted by molar-refractivity contribution is -0.137. The second-order valence-electron chi connectivity index (χ2n) is 11.4. The largest absolute Gasteiger partial charge is 0.465 e. The Balaban J connectivity index is 1.50. The van der Waals surface area contributed by atoms with Crippen molar-refractivity contribution in [1.82, 2.24) is 9.88 Å². The summed E-state index contributed by atoms with van der Waals surface area (Å²) in [4.78, 5) is 56.6. The van der Waals surface area contributed by atoms with Crippen molar-refractivity contribution < 1.29 is 46.2 Å². The van der Waals surface area contributed by atoms with Crippen molar-refractivity contribution in [1.29, 1.82) is 0 Å². The highest BCUT2D eigenvalue weighted by Crippen LogP contribution is 2.32. The number of ether oxygens (including phenoxy) is 2. The summed E-state index contributed by atoms with van der Waals surface area (Å²) in [5, 5.41) is 2.74. The Hall–Kier alpha value is -5.59. The number of carbonyl (C=O) groups is 4. The minimum absolute atomic E-state index is 0.0184. The van der Waals surface area contributed by atoms with Crippen molar-refractivity contribution >= 4 is 29.4 Å². The number of hydrogen-bond acceptors (Lipinski definition) is 7. The molecule has 256 valence electrons. The molecule has 1 N–H and O–H groups in total. The molecule has 0 aliphatic heterocycles.